The Bertz CT molecular complexity index is 2310. The van der Waals surface area contributed by atoms with E-state index >= 15 is 0 Å². The van der Waals surface area contributed by atoms with Crippen molar-refractivity contribution in [1.82, 2.24) is 39.8 Å². The molecule has 8 aromatic rings. The van der Waals surface area contributed by atoms with E-state index in [0.717, 1.165) is 43.7 Å². The summed E-state index contributed by atoms with van der Waals surface area (Å²) in [5.41, 5.74) is 5.41. The van der Waals surface area contributed by atoms with Crippen LogP contribution < -0.4 is 10.6 Å². The van der Waals surface area contributed by atoms with Crippen molar-refractivity contribution >= 4 is 27.5 Å². The number of fused-ring (bicyclic) bond motifs is 1. The van der Waals surface area contributed by atoms with Crippen LogP contribution in [0.3, 0.4) is 0 Å². The van der Waals surface area contributed by atoms with Gasteiger partial charge in [-0.15, -0.1) is 0 Å². The summed E-state index contributed by atoms with van der Waals surface area (Å²) < 4.78 is 16.5. The third-order valence-corrected chi connectivity index (χ3v) is 10.2. The first-order valence-electron chi connectivity index (χ1n) is 17.5. The fourth-order valence-corrected chi connectivity index (χ4v) is 7.73. The predicted molar refractivity (Wildman–Crippen MR) is 207 cm³/mol. The van der Waals surface area contributed by atoms with Gasteiger partial charge in [0.05, 0.1) is 34.8 Å². The van der Waals surface area contributed by atoms with Crippen molar-refractivity contribution in [3.05, 3.63) is 185 Å². The molecule has 2 N–H and O–H groups in total. The zero-order chi connectivity index (χ0) is 35.9. The van der Waals surface area contributed by atoms with Crippen molar-refractivity contribution in [3.63, 3.8) is 0 Å². The summed E-state index contributed by atoms with van der Waals surface area (Å²) in [7, 11) is 0. The number of aromatic nitrogens is 7. The van der Waals surface area contributed by atoms with Gasteiger partial charge in [0.25, 0.3) is 0 Å². The molecule has 0 atom stereocenters. The molecule has 0 bridgehead atoms. The number of nitrogens with zero attached hydrogens (tertiary/aromatic N) is 7. The Hall–Kier alpha value is -6.17. The number of halogens is 1. The maximum atomic E-state index is 14.2. The van der Waals surface area contributed by atoms with Crippen LogP contribution in [0.4, 0.5) is 10.2 Å². The van der Waals surface area contributed by atoms with Crippen molar-refractivity contribution in [2.45, 2.75) is 24.9 Å². The lowest BCUT2D eigenvalue weighted by Crippen LogP contribution is -2.40. The van der Waals surface area contributed by atoms with Gasteiger partial charge in [-0.3, -0.25) is 9.97 Å². The first-order chi connectivity index (χ1) is 26.2. The van der Waals surface area contributed by atoms with Gasteiger partial charge in [-0.05, 0) is 41.0 Å². The Morgan fingerprint density at radius 3 is 1.98 bits per heavy atom. The molecular weight excluding hydrogens is 682 g/mol. The van der Waals surface area contributed by atoms with E-state index in [2.05, 4.69) is 121 Å². The standard InChI is InChI=1S/C42H36FN9S/c43-33-19-12-24-46-35(33)27-48-40-39-41(50-29-49-40)53-38(51-39)22-26-44-25-21-37-47-28-36(34-20-10-11-23-45-34)52(37)42(30-13-4-1-5-14-30,31-15-6-2-7-16-31)32-17-8-3-9-18-32/h1-20,23-24,28-29,44H,21-22,25-27H2,(H,48,49,50). The van der Waals surface area contributed by atoms with Crippen LogP contribution in [-0.4, -0.2) is 47.6 Å². The maximum Gasteiger partial charge on any atom is 0.157 e. The molecule has 0 saturated carbocycles. The van der Waals surface area contributed by atoms with Gasteiger partial charge in [-0.1, -0.05) is 108 Å². The van der Waals surface area contributed by atoms with Crippen LogP contribution in [0.25, 0.3) is 21.7 Å². The zero-order valence-corrected chi connectivity index (χ0v) is 29.6. The highest BCUT2D eigenvalue weighted by Gasteiger charge is 2.41. The highest BCUT2D eigenvalue weighted by atomic mass is 32.1. The van der Waals surface area contributed by atoms with E-state index in [1.165, 1.54) is 23.7 Å². The van der Waals surface area contributed by atoms with Gasteiger partial charge in [0, 0.05) is 38.3 Å². The summed E-state index contributed by atoms with van der Waals surface area (Å²) in [6, 6.07) is 40.9. The molecule has 262 valence electrons. The first kappa shape index (κ1) is 33.9. The summed E-state index contributed by atoms with van der Waals surface area (Å²) in [5, 5.41) is 7.76. The van der Waals surface area contributed by atoms with Gasteiger partial charge in [0.15, 0.2) is 5.82 Å². The summed E-state index contributed by atoms with van der Waals surface area (Å²) in [4.78, 5) is 28.4. The summed E-state index contributed by atoms with van der Waals surface area (Å²) in [6.07, 6.45) is 8.24. The second-order valence-corrected chi connectivity index (χ2v) is 13.5. The van der Waals surface area contributed by atoms with Crippen molar-refractivity contribution < 1.29 is 4.39 Å². The Balaban J connectivity index is 1.07. The molecule has 0 saturated heterocycles. The third kappa shape index (κ3) is 6.92. The largest absolute Gasteiger partial charge is 0.362 e. The monoisotopic (exact) mass is 717 g/mol. The first-order valence-corrected chi connectivity index (χ1v) is 18.3. The normalized spacial score (nSPS) is 11.6. The van der Waals surface area contributed by atoms with Gasteiger partial charge >= 0.3 is 0 Å². The molecule has 9 nitrogen and oxygen atoms in total. The molecule has 53 heavy (non-hydrogen) atoms. The Morgan fingerprint density at radius 2 is 1.32 bits per heavy atom. The third-order valence-electron chi connectivity index (χ3n) is 9.21. The van der Waals surface area contributed by atoms with Gasteiger partial charge in [-0.25, -0.2) is 24.3 Å². The van der Waals surface area contributed by atoms with Gasteiger partial charge in [0.2, 0.25) is 0 Å². The molecule has 0 radical (unpaired) electrons. The molecule has 8 rings (SSSR count). The van der Waals surface area contributed by atoms with Crippen LogP contribution in [0.15, 0.2) is 146 Å². The molecule has 0 spiro atoms. The minimum atomic E-state index is -0.738. The second-order valence-electron chi connectivity index (χ2n) is 12.4. The Morgan fingerprint density at radius 1 is 0.660 bits per heavy atom. The molecule has 0 aliphatic rings. The van der Waals surface area contributed by atoms with Gasteiger partial charge < -0.3 is 15.2 Å². The zero-order valence-electron chi connectivity index (χ0n) is 28.8. The molecule has 0 aliphatic heterocycles. The van der Waals surface area contributed by atoms with Crippen molar-refractivity contribution in [2.24, 2.45) is 0 Å². The van der Waals surface area contributed by atoms with Crippen LogP contribution in [0.2, 0.25) is 0 Å². The van der Waals surface area contributed by atoms with Crippen LogP contribution in [0.1, 0.15) is 33.2 Å². The van der Waals surface area contributed by atoms with Crippen molar-refractivity contribution in [3.8, 4) is 11.4 Å². The van der Waals surface area contributed by atoms with Crippen LogP contribution in [0.5, 0.6) is 0 Å². The lowest BCUT2D eigenvalue weighted by Gasteiger charge is -2.40. The lowest BCUT2D eigenvalue weighted by molar-refractivity contribution is 0.491. The number of hydrogen-bond acceptors (Lipinski definition) is 9. The molecule has 0 fully saturated rings. The average Bonchev–Trinajstić information content (AvgIpc) is 3.84. The fourth-order valence-electron chi connectivity index (χ4n) is 6.83. The average molecular weight is 718 g/mol. The Labute approximate surface area is 310 Å². The second kappa shape index (κ2) is 15.6. The number of anilines is 1. The van der Waals surface area contributed by atoms with E-state index in [4.69, 9.17) is 15.0 Å². The molecule has 11 heteroatoms. The van der Waals surface area contributed by atoms with Crippen molar-refractivity contribution in [2.75, 3.05) is 18.4 Å². The highest BCUT2D eigenvalue weighted by Crippen LogP contribution is 2.44. The topological polar surface area (TPSA) is 106 Å². The van der Waals surface area contributed by atoms with Crippen LogP contribution in [-0.2, 0) is 24.9 Å². The molecular formula is C42H36FN9S. The highest BCUT2D eigenvalue weighted by molar-refractivity contribution is 7.18. The summed E-state index contributed by atoms with van der Waals surface area (Å²) >= 11 is 1.53. The minimum absolute atomic E-state index is 0.200. The number of hydrogen-bond donors (Lipinski definition) is 2. The lowest BCUT2D eigenvalue weighted by atomic mass is 9.76. The predicted octanol–water partition coefficient (Wildman–Crippen LogP) is 7.71. The number of thiazole rings is 1. The van der Waals surface area contributed by atoms with E-state index in [9.17, 15) is 4.39 Å². The van der Waals surface area contributed by atoms with E-state index in [1.54, 1.807) is 12.3 Å². The van der Waals surface area contributed by atoms with E-state index in [0.29, 0.717) is 43.0 Å². The molecule has 3 aromatic carbocycles. The number of nitrogens with one attached hydrogen (secondary N) is 2. The quantitative estimate of drug-likeness (QED) is 0.0871. The van der Waals surface area contributed by atoms with E-state index in [1.807, 2.05) is 30.6 Å². The molecule has 0 aliphatic carbocycles. The molecule has 5 heterocycles. The smallest absolute Gasteiger partial charge is 0.157 e. The molecule has 0 amide bonds. The van der Waals surface area contributed by atoms with Crippen molar-refractivity contribution in [1.29, 1.82) is 0 Å². The number of rotatable bonds is 14. The van der Waals surface area contributed by atoms with Gasteiger partial charge in [-0.2, -0.15) is 0 Å². The number of imidazole rings is 1. The summed E-state index contributed by atoms with van der Waals surface area (Å²) in [6.45, 7) is 1.61. The van der Waals surface area contributed by atoms with E-state index in [-0.39, 0.29) is 12.4 Å². The maximum absolute atomic E-state index is 14.2. The van der Waals surface area contributed by atoms with Gasteiger partial charge in [0.1, 0.15) is 33.9 Å². The van der Waals surface area contributed by atoms with Crippen LogP contribution in [0, 0.1) is 5.82 Å². The van der Waals surface area contributed by atoms with E-state index < -0.39 is 5.54 Å². The van der Waals surface area contributed by atoms with Crippen LogP contribution >= 0.6 is 11.3 Å². The summed E-state index contributed by atoms with van der Waals surface area (Å²) in [5.74, 6) is 1.13. The minimum Gasteiger partial charge on any atom is -0.362 e. The Kier molecular flexibility index (Phi) is 9.99. The fraction of sp³-hybridized carbons (Fsp3) is 0.143. The SMILES string of the molecule is Fc1cccnc1CNc1ncnc2sc(CCNCCc3ncc(-c4ccccn4)n3C(c3ccccc3)(c3ccccc3)c3ccccc3)nc12. The number of pyridine rings is 2. The molecule has 5 aromatic heterocycles. The number of benzene rings is 3. The molecule has 0 unspecified atom stereocenters.